The Kier molecular flexibility index (Phi) is 4.46. The predicted molar refractivity (Wildman–Crippen MR) is 78.8 cm³/mol. The quantitative estimate of drug-likeness (QED) is 0.674. The number of carbonyl (C=O) groups excluding carboxylic acids is 1. The van der Waals surface area contributed by atoms with Crippen molar-refractivity contribution in [1.29, 1.82) is 0 Å². The van der Waals surface area contributed by atoms with Crippen LogP contribution >= 0.6 is 27.3 Å². The molecule has 0 bridgehead atoms. The molecule has 1 N–H and O–H groups in total. The molecule has 104 valence electrons. The number of aromatic nitrogens is 1. The van der Waals surface area contributed by atoms with E-state index in [0.29, 0.717) is 11.0 Å². The van der Waals surface area contributed by atoms with Crippen molar-refractivity contribution in [2.24, 2.45) is 0 Å². The highest BCUT2D eigenvalue weighted by atomic mass is 79.9. The van der Waals surface area contributed by atoms with Gasteiger partial charge >= 0.3 is 0 Å². The number of aryl methyl sites for hydroxylation is 1. The number of halogens is 1. The summed E-state index contributed by atoms with van der Waals surface area (Å²) in [6, 6.07) is 4.26. The van der Waals surface area contributed by atoms with Gasteiger partial charge in [-0.25, -0.2) is 4.98 Å². The van der Waals surface area contributed by atoms with Crippen LogP contribution in [0.15, 0.2) is 28.1 Å². The van der Waals surface area contributed by atoms with Crippen LogP contribution in [0.1, 0.15) is 21.1 Å². The lowest BCUT2D eigenvalue weighted by Gasteiger charge is -2.04. The first-order valence-corrected chi connectivity index (χ1v) is 7.28. The smallest absolute Gasteiger partial charge is 0.284 e. The number of nitro groups is 1. The number of carbonyl (C=O) groups is 1. The second-order valence-electron chi connectivity index (χ2n) is 3.99. The molecule has 6 nitrogen and oxygen atoms in total. The van der Waals surface area contributed by atoms with E-state index >= 15 is 0 Å². The third-order valence-electron chi connectivity index (χ3n) is 2.47. The minimum Gasteiger partial charge on any atom is -0.346 e. The van der Waals surface area contributed by atoms with Crippen molar-refractivity contribution in [2.45, 2.75) is 13.5 Å². The fraction of sp³-hybridized carbons (Fsp3) is 0.167. The number of benzene rings is 1. The fourth-order valence-corrected chi connectivity index (χ4v) is 2.64. The molecule has 1 heterocycles. The Balaban J connectivity index is 2.09. The number of amides is 1. The zero-order valence-corrected chi connectivity index (χ0v) is 12.8. The fourth-order valence-electron chi connectivity index (χ4n) is 1.54. The highest BCUT2D eigenvalue weighted by molar-refractivity contribution is 9.10. The van der Waals surface area contributed by atoms with Crippen LogP contribution in [0.3, 0.4) is 0 Å². The van der Waals surface area contributed by atoms with E-state index in [4.69, 9.17) is 0 Å². The predicted octanol–water partition coefficient (Wildman–Crippen LogP) is 3.05. The van der Waals surface area contributed by atoms with Gasteiger partial charge in [-0.3, -0.25) is 14.9 Å². The van der Waals surface area contributed by atoms with E-state index in [-0.39, 0.29) is 17.2 Å². The third-order valence-corrected chi connectivity index (χ3v) is 4.11. The number of nitrogens with one attached hydrogen (secondary N) is 1. The van der Waals surface area contributed by atoms with E-state index in [9.17, 15) is 14.9 Å². The standard InChI is InChI=1S/C12H10BrN3O3S/c1-7-6-20-11(15-7)5-14-12(17)8-2-3-9(13)10(4-8)16(18)19/h2-4,6H,5H2,1H3,(H,14,17). The van der Waals surface area contributed by atoms with Gasteiger partial charge in [0.05, 0.1) is 15.9 Å². The van der Waals surface area contributed by atoms with Crippen LogP contribution in [0.5, 0.6) is 0 Å². The molecular formula is C12H10BrN3O3S. The first-order chi connectivity index (χ1) is 9.47. The van der Waals surface area contributed by atoms with Crippen molar-refractivity contribution >= 4 is 38.9 Å². The molecule has 0 saturated heterocycles. The van der Waals surface area contributed by atoms with E-state index in [1.54, 1.807) is 0 Å². The topological polar surface area (TPSA) is 85.1 Å². The normalized spacial score (nSPS) is 10.3. The molecule has 0 aliphatic heterocycles. The lowest BCUT2D eigenvalue weighted by molar-refractivity contribution is -0.385. The van der Waals surface area contributed by atoms with Crippen molar-refractivity contribution in [2.75, 3.05) is 0 Å². The molecule has 8 heteroatoms. The van der Waals surface area contributed by atoms with Crippen LogP contribution in [0.4, 0.5) is 5.69 Å². The Bertz CT molecular complexity index is 672. The Labute approximate surface area is 127 Å². The van der Waals surface area contributed by atoms with Crippen LogP contribution in [-0.4, -0.2) is 15.8 Å². The third kappa shape index (κ3) is 3.40. The monoisotopic (exact) mass is 355 g/mol. The summed E-state index contributed by atoms with van der Waals surface area (Å²) in [7, 11) is 0. The zero-order valence-electron chi connectivity index (χ0n) is 10.4. The van der Waals surface area contributed by atoms with Gasteiger partial charge in [-0.2, -0.15) is 0 Å². The molecule has 20 heavy (non-hydrogen) atoms. The molecule has 0 aliphatic rings. The maximum atomic E-state index is 11.9. The van der Waals surface area contributed by atoms with Gasteiger partial charge in [-0.05, 0) is 35.0 Å². The van der Waals surface area contributed by atoms with Crippen LogP contribution in [0.25, 0.3) is 0 Å². The first kappa shape index (κ1) is 14.6. The minimum atomic E-state index is -0.537. The molecule has 2 rings (SSSR count). The van der Waals surface area contributed by atoms with Gasteiger partial charge in [0, 0.05) is 22.7 Å². The average Bonchev–Trinajstić information content (AvgIpc) is 2.82. The number of nitro benzene ring substituents is 1. The van der Waals surface area contributed by atoms with Crippen LogP contribution < -0.4 is 5.32 Å². The van der Waals surface area contributed by atoms with Crippen LogP contribution in [-0.2, 0) is 6.54 Å². The molecule has 1 aromatic carbocycles. The van der Waals surface area contributed by atoms with E-state index in [1.165, 1.54) is 29.5 Å². The van der Waals surface area contributed by atoms with E-state index in [0.717, 1.165) is 10.7 Å². The lowest BCUT2D eigenvalue weighted by atomic mass is 10.2. The molecule has 1 amide bonds. The minimum absolute atomic E-state index is 0.136. The maximum Gasteiger partial charge on any atom is 0.284 e. The van der Waals surface area contributed by atoms with Crippen molar-refractivity contribution in [3.8, 4) is 0 Å². The van der Waals surface area contributed by atoms with Gasteiger partial charge in [0.15, 0.2) is 0 Å². The Morgan fingerprint density at radius 3 is 2.90 bits per heavy atom. The molecule has 0 unspecified atom stereocenters. The number of nitrogens with zero attached hydrogens (tertiary/aromatic N) is 2. The summed E-state index contributed by atoms with van der Waals surface area (Å²) in [6.45, 7) is 2.18. The summed E-state index contributed by atoms with van der Waals surface area (Å²) >= 11 is 4.53. The molecule has 0 radical (unpaired) electrons. The number of thiazole rings is 1. The Morgan fingerprint density at radius 2 is 2.30 bits per heavy atom. The maximum absolute atomic E-state index is 11.9. The zero-order chi connectivity index (χ0) is 14.7. The van der Waals surface area contributed by atoms with Crippen molar-refractivity contribution in [3.63, 3.8) is 0 Å². The SMILES string of the molecule is Cc1csc(CNC(=O)c2ccc(Br)c([N+](=O)[O-])c2)n1. The molecule has 1 aromatic heterocycles. The van der Waals surface area contributed by atoms with Crippen molar-refractivity contribution in [1.82, 2.24) is 10.3 Å². The molecular weight excluding hydrogens is 346 g/mol. The van der Waals surface area contributed by atoms with Gasteiger partial charge in [-0.15, -0.1) is 11.3 Å². The van der Waals surface area contributed by atoms with Gasteiger partial charge < -0.3 is 5.32 Å². The molecule has 2 aromatic rings. The van der Waals surface area contributed by atoms with Crippen molar-refractivity contribution in [3.05, 3.63) is 54.4 Å². The van der Waals surface area contributed by atoms with Crippen LogP contribution in [0, 0.1) is 17.0 Å². The molecule has 0 saturated carbocycles. The lowest BCUT2D eigenvalue weighted by Crippen LogP contribution is -2.22. The molecule has 0 aliphatic carbocycles. The van der Waals surface area contributed by atoms with Gasteiger partial charge in [-0.1, -0.05) is 0 Å². The highest BCUT2D eigenvalue weighted by Gasteiger charge is 2.16. The largest absolute Gasteiger partial charge is 0.346 e. The summed E-state index contributed by atoms with van der Waals surface area (Å²) in [5.74, 6) is -0.367. The van der Waals surface area contributed by atoms with E-state index in [2.05, 4.69) is 26.2 Å². The first-order valence-electron chi connectivity index (χ1n) is 5.60. The molecule has 0 atom stereocenters. The van der Waals surface area contributed by atoms with E-state index in [1.807, 2.05) is 12.3 Å². The second kappa shape index (κ2) is 6.10. The summed E-state index contributed by atoms with van der Waals surface area (Å²) < 4.78 is 0.342. The summed E-state index contributed by atoms with van der Waals surface area (Å²) in [4.78, 5) is 26.4. The number of rotatable bonds is 4. The summed E-state index contributed by atoms with van der Waals surface area (Å²) in [5.41, 5.74) is 1.01. The van der Waals surface area contributed by atoms with Gasteiger partial charge in [0.2, 0.25) is 0 Å². The van der Waals surface area contributed by atoms with Crippen LogP contribution in [0.2, 0.25) is 0 Å². The number of hydrogen-bond donors (Lipinski definition) is 1. The summed E-state index contributed by atoms with van der Waals surface area (Å²) in [6.07, 6.45) is 0. The second-order valence-corrected chi connectivity index (χ2v) is 5.79. The van der Waals surface area contributed by atoms with Gasteiger partial charge in [0.25, 0.3) is 11.6 Å². The summed E-state index contributed by atoms with van der Waals surface area (Å²) in [5, 5.41) is 16.2. The molecule has 0 spiro atoms. The Hall–Kier alpha value is -1.80. The number of hydrogen-bond acceptors (Lipinski definition) is 5. The average molecular weight is 356 g/mol. The van der Waals surface area contributed by atoms with Gasteiger partial charge in [0.1, 0.15) is 5.01 Å². The Morgan fingerprint density at radius 1 is 1.55 bits per heavy atom. The highest BCUT2D eigenvalue weighted by Crippen LogP contribution is 2.25. The van der Waals surface area contributed by atoms with E-state index < -0.39 is 4.92 Å². The molecule has 0 fully saturated rings. The van der Waals surface area contributed by atoms with Crippen molar-refractivity contribution < 1.29 is 9.72 Å².